The summed E-state index contributed by atoms with van der Waals surface area (Å²) in [6, 6.07) is 1.73. The van der Waals surface area contributed by atoms with Gasteiger partial charge in [0.15, 0.2) is 11.5 Å². The van der Waals surface area contributed by atoms with Crippen molar-refractivity contribution < 1.29 is 24.4 Å². The largest absolute Gasteiger partial charge is 0.493 e. The Morgan fingerprint density at radius 2 is 1.86 bits per heavy atom. The number of methoxy groups -OCH3 is 3. The molecule has 0 aliphatic carbocycles. The SMILES string of the molecule is COc1cc2c(NCC(O)CO)ncnc2c(OC)c1OC. The van der Waals surface area contributed by atoms with Crippen molar-refractivity contribution in [3.63, 3.8) is 0 Å². The van der Waals surface area contributed by atoms with Gasteiger partial charge in [0.1, 0.15) is 17.7 Å². The third kappa shape index (κ3) is 2.97. The lowest BCUT2D eigenvalue weighted by atomic mass is 10.1. The van der Waals surface area contributed by atoms with Crippen LogP contribution in [0.5, 0.6) is 17.2 Å². The molecule has 1 aromatic carbocycles. The molecule has 1 atom stereocenters. The fourth-order valence-corrected chi connectivity index (χ4v) is 2.08. The highest BCUT2D eigenvalue weighted by Crippen LogP contribution is 2.43. The van der Waals surface area contributed by atoms with Gasteiger partial charge in [0.2, 0.25) is 5.75 Å². The predicted octanol–water partition coefficient (Wildman–Crippen LogP) is 0.421. The molecule has 22 heavy (non-hydrogen) atoms. The van der Waals surface area contributed by atoms with Crippen LogP contribution in [0.2, 0.25) is 0 Å². The molecule has 0 saturated heterocycles. The van der Waals surface area contributed by atoms with E-state index in [9.17, 15) is 5.11 Å². The van der Waals surface area contributed by atoms with Crippen LogP contribution in [0.25, 0.3) is 10.9 Å². The second-order valence-electron chi connectivity index (χ2n) is 4.48. The van der Waals surface area contributed by atoms with E-state index < -0.39 is 6.10 Å². The smallest absolute Gasteiger partial charge is 0.205 e. The first-order valence-corrected chi connectivity index (χ1v) is 6.62. The lowest BCUT2D eigenvalue weighted by Gasteiger charge is -2.16. The molecule has 0 fully saturated rings. The van der Waals surface area contributed by atoms with Crippen molar-refractivity contribution >= 4 is 16.7 Å². The van der Waals surface area contributed by atoms with Crippen molar-refractivity contribution in [1.82, 2.24) is 9.97 Å². The molecule has 0 saturated carbocycles. The van der Waals surface area contributed by atoms with Crippen molar-refractivity contribution in [2.24, 2.45) is 0 Å². The van der Waals surface area contributed by atoms with E-state index in [0.717, 1.165) is 0 Å². The van der Waals surface area contributed by atoms with Crippen LogP contribution < -0.4 is 19.5 Å². The van der Waals surface area contributed by atoms with Gasteiger partial charge in [0, 0.05) is 6.54 Å². The van der Waals surface area contributed by atoms with Crippen molar-refractivity contribution in [3.8, 4) is 17.2 Å². The topological polar surface area (TPSA) is 106 Å². The summed E-state index contributed by atoms with van der Waals surface area (Å²) in [5.41, 5.74) is 0.552. The quantitative estimate of drug-likeness (QED) is 0.676. The molecule has 0 aliphatic rings. The zero-order valence-electron chi connectivity index (χ0n) is 12.7. The number of ether oxygens (including phenoxy) is 3. The van der Waals surface area contributed by atoms with E-state index in [-0.39, 0.29) is 13.2 Å². The van der Waals surface area contributed by atoms with E-state index >= 15 is 0 Å². The summed E-state index contributed by atoms with van der Waals surface area (Å²) < 4.78 is 16.0. The summed E-state index contributed by atoms with van der Waals surface area (Å²) in [6.45, 7) is -0.185. The number of benzene rings is 1. The number of aliphatic hydroxyl groups is 2. The van der Waals surface area contributed by atoms with Crippen LogP contribution >= 0.6 is 0 Å². The number of anilines is 1. The van der Waals surface area contributed by atoms with Crippen LogP contribution in [0.1, 0.15) is 0 Å². The lowest BCUT2D eigenvalue weighted by Crippen LogP contribution is -2.23. The minimum atomic E-state index is -0.882. The molecule has 8 heteroatoms. The molecule has 0 aliphatic heterocycles. The average Bonchev–Trinajstić information content (AvgIpc) is 2.57. The van der Waals surface area contributed by atoms with Gasteiger partial charge >= 0.3 is 0 Å². The Balaban J connectivity index is 2.56. The number of rotatable bonds is 7. The third-order valence-electron chi connectivity index (χ3n) is 3.15. The summed E-state index contributed by atoms with van der Waals surface area (Å²) >= 11 is 0. The van der Waals surface area contributed by atoms with Gasteiger partial charge in [-0.1, -0.05) is 0 Å². The molecule has 0 radical (unpaired) electrons. The van der Waals surface area contributed by atoms with Gasteiger partial charge < -0.3 is 29.7 Å². The maximum Gasteiger partial charge on any atom is 0.205 e. The Hall–Kier alpha value is -2.32. The Kier molecular flexibility index (Phi) is 5.18. The molecule has 2 rings (SSSR count). The van der Waals surface area contributed by atoms with Gasteiger partial charge in [-0.15, -0.1) is 0 Å². The van der Waals surface area contributed by atoms with Crippen molar-refractivity contribution in [3.05, 3.63) is 12.4 Å². The first-order chi connectivity index (χ1) is 10.7. The first-order valence-electron chi connectivity index (χ1n) is 6.62. The number of aromatic nitrogens is 2. The summed E-state index contributed by atoms with van der Waals surface area (Å²) in [4.78, 5) is 8.37. The van der Waals surface area contributed by atoms with Gasteiger partial charge in [0.05, 0.1) is 39.4 Å². The molecule has 120 valence electrons. The Bertz CT molecular complexity index is 650. The van der Waals surface area contributed by atoms with Crippen LogP contribution in [0.15, 0.2) is 12.4 Å². The monoisotopic (exact) mass is 309 g/mol. The Morgan fingerprint density at radius 3 is 2.45 bits per heavy atom. The molecule has 0 amide bonds. The van der Waals surface area contributed by atoms with Gasteiger partial charge in [-0.3, -0.25) is 0 Å². The zero-order valence-corrected chi connectivity index (χ0v) is 12.7. The summed E-state index contributed by atoms with van der Waals surface area (Å²) in [5.74, 6) is 1.85. The van der Waals surface area contributed by atoms with Crippen LogP contribution in [0.4, 0.5) is 5.82 Å². The van der Waals surface area contributed by atoms with E-state index in [1.165, 1.54) is 27.7 Å². The maximum absolute atomic E-state index is 9.45. The molecule has 0 bridgehead atoms. The van der Waals surface area contributed by atoms with E-state index in [0.29, 0.717) is 34.0 Å². The molecule has 0 spiro atoms. The highest BCUT2D eigenvalue weighted by atomic mass is 16.5. The Morgan fingerprint density at radius 1 is 1.14 bits per heavy atom. The van der Waals surface area contributed by atoms with Gasteiger partial charge in [0.25, 0.3) is 0 Å². The lowest BCUT2D eigenvalue weighted by molar-refractivity contribution is 0.105. The molecular formula is C14H19N3O5. The molecule has 3 N–H and O–H groups in total. The van der Waals surface area contributed by atoms with Crippen LogP contribution in [0.3, 0.4) is 0 Å². The summed E-state index contributed by atoms with van der Waals surface area (Å²) in [7, 11) is 4.56. The fourth-order valence-electron chi connectivity index (χ4n) is 2.08. The minimum absolute atomic E-state index is 0.152. The normalized spacial score (nSPS) is 12.0. The maximum atomic E-state index is 9.45. The number of nitrogens with one attached hydrogen (secondary N) is 1. The standard InChI is InChI=1S/C14H19N3O5/c1-20-10-4-9-11(13(22-3)12(10)21-2)16-7-17-14(9)15-5-8(19)6-18/h4,7-8,18-19H,5-6H2,1-3H3,(H,15,16,17). The van der Waals surface area contributed by atoms with Crippen molar-refractivity contribution in [2.45, 2.75) is 6.10 Å². The predicted molar refractivity (Wildman–Crippen MR) is 80.8 cm³/mol. The van der Waals surface area contributed by atoms with E-state index in [4.69, 9.17) is 19.3 Å². The van der Waals surface area contributed by atoms with Crippen molar-refractivity contribution in [1.29, 1.82) is 0 Å². The summed E-state index contributed by atoms with van der Waals surface area (Å²) in [6.07, 6.45) is 0.497. The number of fused-ring (bicyclic) bond motifs is 1. The second-order valence-corrected chi connectivity index (χ2v) is 4.48. The molecule has 8 nitrogen and oxygen atoms in total. The van der Waals surface area contributed by atoms with E-state index in [2.05, 4.69) is 15.3 Å². The Labute approximate surface area is 127 Å². The fraction of sp³-hybridized carbons (Fsp3) is 0.429. The highest BCUT2D eigenvalue weighted by molar-refractivity contribution is 5.96. The first kappa shape index (κ1) is 16.1. The van der Waals surface area contributed by atoms with E-state index in [1.807, 2.05) is 0 Å². The van der Waals surface area contributed by atoms with Crippen LogP contribution in [-0.4, -0.2) is 60.8 Å². The van der Waals surface area contributed by atoms with Crippen LogP contribution in [0, 0.1) is 0 Å². The molecule has 1 aromatic heterocycles. The average molecular weight is 309 g/mol. The summed E-state index contributed by atoms with van der Waals surface area (Å²) in [5, 5.41) is 21.9. The van der Waals surface area contributed by atoms with Crippen LogP contribution in [-0.2, 0) is 0 Å². The zero-order chi connectivity index (χ0) is 16.1. The van der Waals surface area contributed by atoms with Gasteiger partial charge in [-0.05, 0) is 6.07 Å². The number of nitrogens with zero attached hydrogens (tertiary/aromatic N) is 2. The minimum Gasteiger partial charge on any atom is -0.493 e. The number of hydrogen-bond acceptors (Lipinski definition) is 8. The molecule has 1 unspecified atom stereocenters. The highest BCUT2D eigenvalue weighted by Gasteiger charge is 2.19. The molecule has 2 aromatic rings. The molecule has 1 heterocycles. The number of hydrogen-bond donors (Lipinski definition) is 3. The molecular weight excluding hydrogens is 290 g/mol. The third-order valence-corrected chi connectivity index (χ3v) is 3.15. The van der Waals surface area contributed by atoms with Crippen molar-refractivity contribution in [2.75, 3.05) is 39.8 Å². The van der Waals surface area contributed by atoms with Gasteiger partial charge in [-0.25, -0.2) is 9.97 Å². The number of aliphatic hydroxyl groups excluding tert-OH is 2. The van der Waals surface area contributed by atoms with E-state index in [1.54, 1.807) is 6.07 Å². The second kappa shape index (κ2) is 7.10. The van der Waals surface area contributed by atoms with Gasteiger partial charge in [-0.2, -0.15) is 0 Å².